The summed E-state index contributed by atoms with van der Waals surface area (Å²) in [6.45, 7) is 6.19. The van der Waals surface area contributed by atoms with Gasteiger partial charge in [0.05, 0.1) is 43.0 Å². The van der Waals surface area contributed by atoms with E-state index in [0.717, 1.165) is 39.5 Å². The summed E-state index contributed by atoms with van der Waals surface area (Å²) in [6.07, 6.45) is 3.63. The SMILES string of the molecule is COc1cc(-n2cccn2)ccc1-c1c(C)nn2c(-c3ccccc3C(=O)N3CCOCC3)cc(C)nc12. The smallest absolute Gasteiger partial charge is 0.254 e. The lowest BCUT2D eigenvalue weighted by Crippen LogP contribution is -2.40. The van der Waals surface area contributed by atoms with Crippen molar-refractivity contribution in [3.8, 4) is 33.8 Å². The molecule has 0 spiro atoms. The monoisotopic (exact) mass is 508 g/mol. The van der Waals surface area contributed by atoms with E-state index < -0.39 is 0 Å². The third-order valence-corrected chi connectivity index (χ3v) is 6.85. The molecule has 0 N–H and O–H groups in total. The molecule has 1 aliphatic heterocycles. The first kappa shape index (κ1) is 23.9. The van der Waals surface area contributed by atoms with Gasteiger partial charge in [0, 0.05) is 53.9 Å². The van der Waals surface area contributed by atoms with Crippen LogP contribution < -0.4 is 4.74 Å². The van der Waals surface area contributed by atoms with Crippen molar-refractivity contribution >= 4 is 11.6 Å². The zero-order valence-electron chi connectivity index (χ0n) is 21.6. The van der Waals surface area contributed by atoms with Gasteiger partial charge in [-0.25, -0.2) is 14.2 Å². The van der Waals surface area contributed by atoms with Crippen LogP contribution in [0.3, 0.4) is 0 Å². The van der Waals surface area contributed by atoms with E-state index >= 15 is 0 Å². The Morgan fingerprint density at radius 1 is 1.00 bits per heavy atom. The molecule has 1 fully saturated rings. The maximum absolute atomic E-state index is 13.5. The molecule has 5 aromatic rings. The van der Waals surface area contributed by atoms with Gasteiger partial charge in [0.25, 0.3) is 5.91 Å². The zero-order chi connectivity index (χ0) is 26.2. The number of carbonyl (C=O) groups excluding carboxylic acids is 1. The van der Waals surface area contributed by atoms with Gasteiger partial charge < -0.3 is 14.4 Å². The largest absolute Gasteiger partial charge is 0.496 e. The normalized spacial score (nSPS) is 13.7. The molecule has 0 aliphatic carbocycles. The molecule has 0 atom stereocenters. The number of hydrogen-bond donors (Lipinski definition) is 0. The highest BCUT2D eigenvalue weighted by Crippen LogP contribution is 2.38. The molecule has 0 unspecified atom stereocenters. The lowest BCUT2D eigenvalue weighted by atomic mass is 10.0. The fourth-order valence-corrected chi connectivity index (χ4v) is 5.03. The molecule has 9 heteroatoms. The predicted octanol–water partition coefficient (Wildman–Crippen LogP) is 4.35. The third-order valence-electron chi connectivity index (χ3n) is 6.85. The molecular weight excluding hydrogens is 480 g/mol. The van der Waals surface area contributed by atoms with Crippen LogP contribution in [0.5, 0.6) is 5.75 Å². The Morgan fingerprint density at radius 3 is 2.58 bits per heavy atom. The van der Waals surface area contributed by atoms with Gasteiger partial charge in [0.1, 0.15) is 5.75 Å². The Kier molecular flexibility index (Phi) is 6.13. The quantitative estimate of drug-likeness (QED) is 0.351. The predicted molar refractivity (Wildman–Crippen MR) is 144 cm³/mol. The number of benzene rings is 2. The van der Waals surface area contributed by atoms with E-state index in [1.54, 1.807) is 18.0 Å². The summed E-state index contributed by atoms with van der Waals surface area (Å²) >= 11 is 0. The summed E-state index contributed by atoms with van der Waals surface area (Å²) in [6, 6.07) is 17.5. The number of carbonyl (C=O) groups is 1. The number of fused-ring (bicyclic) bond motifs is 1. The van der Waals surface area contributed by atoms with E-state index in [1.165, 1.54) is 0 Å². The number of aryl methyl sites for hydroxylation is 2. The van der Waals surface area contributed by atoms with Gasteiger partial charge in [-0.1, -0.05) is 18.2 Å². The lowest BCUT2D eigenvalue weighted by molar-refractivity contribution is 0.0303. The molecule has 0 saturated carbocycles. The molecule has 192 valence electrons. The van der Waals surface area contributed by atoms with Crippen LogP contribution in [0.15, 0.2) is 67.0 Å². The van der Waals surface area contributed by atoms with Crippen LogP contribution in [0.4, 0.5) is 0 Å². The summed E-state index contributed by atoms with van der Waals surface area (Å²) in [5.41, 5.74) is 7.27. The van der Waals surface area contributed by atoms with Gasteiger partial charge in [-0.15, -0.1) is 0 Å². The van der Waals surface area contributed by atoms with Crippen LogP contribution in [0.25, 0.3) is 33.7 Å². The second-order valence-corrected chi connectivity index (χ2v) is 9.26. The summed E-state index contributed by atoms with van der Waals surface area (Å²) < 4.78 is 14.9. The van der Waals surface area contributed by atoms with Crippen LogP contribution in [-0.2, 0) is 4.74 Å². The molecule has 2 aromatic carbocycles. The standard InChI is InChI=1S/C29H28N6O3/c1-19-17-25(22-7-4-5-8-23(22)29(36)33-13-15-38-16-14-33)35-28(31-19)27(20(2)32-35)24-10-9-21(18-26(24)37-3)34-12-6-11-30-34/h4-12,17-18H,13-16H2,1-3H3. The molecule has 1 saturated heterocycles. The average molecular weight is 509 g/mol. The number of nitrogens with zero attached hydrogens (tertiary/aromatic N) is 6. The highest BCUT2D eigenvalue weighted by Gasteiger charge is 2.25. The minimum absolute atomic E-state index is 0.00787. The van der Waals surface area contributed by atoms with Gasteiger partial charge >= 0.3 is 0 Å². The van der Waals surface area contributed by atoms with Crippen molar-refractivity contribution in [2.75, 3.05) is 33.4 Å². The molecule has 6 rings (SSSR count). The van der Waals surface area contributed by atoms with Crippen molar-refractivity contribution in [2.45, 2.75) is 13.8 Å². The van der Waals surface area contributed by atoms with Crippen LogP contribution in [0, 0.1) is 13.8 Å². The Bertz CT molecular complexity index is 1630. The fraction of sp³-hybridized carbons (Fsp3) is 0.241. The molecule has 38 heavy (non-hydrogen) atoms. The topological polar surface area (TPSA) is 86.8 Å². The molecular formula is C29H28N6O3. The molecule has 3 aromatic heterocycles. The minimum Gasteiger partial charge on any atom is -0.496 e. The molecule has 1 amide bonds. The first-order chi connectivity index (χ1) is 18.5. The van der Waals surface area contributed by atoms with E-state index in [2.05, 4.69) is 5.10 Å². The molecule has 1 aliphatic rings. The van der Waals surface area contributed by atoms with Crippen molar-refractivity contribution in [3.05, 3.63) is 83.9 Å². The third kappa shape index (κ3) is 4.10. The summed E-state index contributed by atoms with van der Waals surface area (Å²) in [4.78, 5) is 20.3. The van der Waals surface area contributed by atoms with E-state index in [9.17, 15) is 4.79 Å². The average Bonchev–Trinajstić information content (AvgIpc) is 3.60. The highest BCUT2D eigenvalue weighted by atomic mass is 16.5. The van der Waals surface area contributed by atoms with E-state index in [4.69, 9.17) is 19.6 Å². The summed E-state index contributed by atoms with van der Waals surface area (Å²) in [5.74, 6) is 0.690. The number of amides is 1. The van der Waals surface area contributed by atoms with Gasteiger partial charge in [-0.2, -0.15) is 10.2 Å². The first-order valence-corrected chi connectivity index (χ1v) is 12.6. The van der Waals surface area contributed by atoms with Crippen molar-refractivity contribution in [1.29, 1.82) is 0 Å². The Labute approximate surface area is 220 Å². The van der Waals surface area contributed by atoms with Crippen molar-refractivity contribution in [3.63, 3.8) is 0 Å². The molecule has 4 heterocycles. The van der Waals surface area contributed by atoms with Crippen LogP contribution in [0.2, 0.25) is 0 Å². The second-order valence-electron chi connectivity index (χ2n) is 9.26. The number of hydrogen-bond acceptors (Lipinski definition) is 6. The second kappa shape index (κ2) is 9.75. The zero-order valence-corrected chi connectivity index (χ0v) is 21.6. The minimum atomic E-state index is -0.00787. The van der Waals surface area contributed by atoms with Gasteiger partial charge in [0.2, 0.25) is 0 Å². The first-order valence-electron chi connectivity index (χ1n) is 12.6. The van der Waals surface area contributed by atoms with Gasteiger partial charge in [-0.3, -0.25) is 4.79 Å². The number of aromatic nitrogens is 5. The maximum Gasteiger partial charge on any atom is 0.254 e. The molecule has 0 radical (unpaired) electrons. The Morgan fingerprint density at radius 2 is 1.82 bits per heavy atom. The van der Waals surface area contributed by atoms with Gasteiger partial charge in [-0.05, 0) is 44.2 Å². The van der Waals surface area contributed by atoms with Crippen LogP contribution in [0.1, 0.15) is 21.7 Å². The Hall–Kier alpha value is -4.50. The van der Waals surface area contributed by atoms with Gasteiger partial charge in [0.15, 0.2) is 5.65 Å². The number of morpholine rings is 1. The van der Waals surface area contributed by atoms with E-state index in [0.29, 0.717) is 43.3 Å². The van der Waals surface area contributed by atoms with Crippen LogP contribution in [-0.4, -0.2) is 68.6 Å². The lowest BCUT2D eigenvalue weighted by Gasteiger charge is -2.27. The molecule has 0 bridgehead atoms. The Balaban J connectivity index is 1.51. The van der Waals surface area contributed by atoms with E-state index in [1.807, 2.05) is 84.1 Å². The number of methoxy groups -OCH3 is 1. The number of ether oxygens (including phenoxy) is 2. The van der Waals surface area contributed by atoms with Crippen molar-refractivity contribution in [1.82, 2.24) is 29.3 Å². The summed E-state index contributed by atoms with van der Waals surface area (Å²) in [7, 11) is 1.66. The fourth-order valence-electron chi connectivity index (χ4n) is 5.03. The summed E-state index contributed by atoms with van der Waals surface area (Å²) in [5, 5.41) is 9.23. The van der Waals surface area contributed by atoms with E-state index in [-0.39, 0.29) is 5.91 Å². The van der Waals surface area contributed by atoms with Crippen molar-refractivity contribution < 1.29 is 14.3 Å². The molecule has 9 nitrogen and oxygen atoms in total. The number of rotatable bonds is 5. The maximum atomic E-state index is 13.5. The van der Waals surface area contributed by atoms with Crippen LogP contribution >= 0.6 is 0 Å². The van der Waals surface area contributed by atoms with Crippen molar-refractivity contribution in [2.24, 2.45) is 0 Å². The highest BCUT2D eigenvalue weighted by molar-refractivity contribution is 6.01.